The number of aromatic amines is 2. The smallest absolute Gasteiger partial charge is 0.346 e. The van der Waals surface area contributed by atoms with Gasteiger partial charge in [-0.05, 0) is 38.8 Å². The highest BCUT2D eigenvalue weighted by molar-refractivity contribution is 5.90. The molecule has 2 N–H and O–H groups in total. The SMILES string of the molecule is C.CCC[C@@H](C)n1cc(-c2ncnc3[nH]ccc23)cn1.CCC[C@H](C)n1cc(-c2ncnc3[nH]ccc23)cn1.O=CC(F)(F)F.O=CC(F)(F)F. The van der Waals surface area contributed by atoms with Gasteiger partial charge in [0.25, 0.3) is 0 Å². The van der Waals surface area contributed by atoms with Crippen molar-refractivity contribution < 1.29 is 35.9 Å². The molecule has 0 saturated heterocycles. The summed E-state index contributed by atoms with van der Waals surface area (Å²) in [5.74, 6) is 0. The van der Waals surface area contributed by atoms with Gasteiger partial charge >= 0.3 is 12.4 Å². The number of alkyl halides is 6. The summed E-state index contributed by atoms with van der Waals surface area (Å²) < 4.78 is 66.5. The monoisotopic (exact) mass is 722 g/mol. The molecule has 0 fully saturated rings. The molecule has 0 amide bonds. The Labute approximate surface area is 289 Å². The van der Waals surface area contributed by atoms with Gasteiger partial charge in [0.15, 0.2) is 0 Å². The molecule has 12 nitrogen and oxygen atoms in total. The first-order valence-electron chi connectivity index (χ1n) is 15.4. The third kappa shape index (κ3) is 12.4. The Bertz CT molecular complexity index is 1790. The second-order valence-corrected chi connectivity index (χ2v) is 10.9. The van der Waals surface area contributed by atoms with Crippen molar-refractivity contribution in [3.8, 4) is 22.5 Å². The number of nitrogens with zero attached hydrogens (tertiary/aromatic N) is 8. The van der Waals surface area contributed by atoms with Gasteiger partial charge in [0.2, 0.25) is 12.6 Å². The molecule has 0 spiro atoms. The quantitative estimate of drug-likeness (QED) is 0.117. The molecule has 276 valence electrons. The van der Waals surface area contributed by atoms with Crippen LogP contribution in [0.2, 0.25) is 0 Å². The van der Waals surface area contributed by atoms with Crippen LogP contribution in [0.1, 0.15) is 72.9 Å². The van der Waals surface area contributed by atoms with Crippen molar-refractivity contribution in [3.63, 3.8) is 0 Å². The highest BCUT2D eigenvalue weighted by Crippen LogP contribution is 2.27. The minimum absolute atomic E-state index is 0. The third-order valence-corrected chi connectivity index (χ3v) is 7.04. The van der Waals surface area contributed by atoms with Crippen LogP contribution in [-0.4, -0.2) is 74.4 Å². The molecule has 51 heavy (non-hydrogen) atoms. The zero-order valence-electron chi connectivity index (χ0n) is 27.6. The number of rotatable bonds is 8. The van der Waals surface area contributed by atoms with E-state index < -0.39 is 24.9 Å². The number of aldehydes is 2. The Morgan fingerprint density at radius 3 is 1.35 bits per heavy atom. The summed E-state index contributed by atoms with van der Waals surface area (Å²) in [5.41, 5.74) is 5.66. The van der Waals surface area contributed by atoms with Crippen LogP contribution in [0.4, 0.5) is 26.3 Å². The van der Waals surface area contributed by atoms with Crippen molar-refractivity contribution in [2.45, 2.75) is 85.2 Å². The van der Waals surface area contributed by atoms with Crippen LogP contribution in [0.25, 0.3) is 44.6 Å². The van der Waals surface area contributed by atoms with Crippen molar-refractivity contribution >= 4 is 34.6 Å². The lowest BCUT2D eigenvalue weighted by atomic mass is 10.2. The molecule has 2 atom stereocenters. The molecule has 0 aromatic carbocycles. The first-order valence-corrected chi connectivity index (χ1v) is 15.4. The van der Waals surface area contributed by atoms with Gasteiger partial charge in [0.1, 0.15) is 23.9 Å². The van der Waals surface area contributed by atoms with E-state index in [1.165, 1.54) is 0 Å². The van der Waals surface area contributed by atoms with Gasteiger partial charge < -0.3 is 9.97 Å². The normalized spacial score (nSPS) is 12.3. The highest BCUT2D eigenvalue weighted by atomic mass is 19.4. The Balaban J connectivity index is 0.000000266. The maximum Gasteiger partial charge on any atom is 0.446 e. The Morgan fingerprint density at radius 1 is 0.686 bits per heavy atom. The van der Waals surface area contributed by atoms with Gasteiger partial charge in [0.05, 0.1) is 23.8 Å². The number of nitrogens with one attached hydrogen (secondary N) is 2. The summed E-state index contributed by atoms with van der Waals surface area (Å²) in [6.45, 7) is 8.75. The fourth-order valence-corrected chi connectivity index (χ4v) is 4.71. The minimum Gasteiger partial charge on any atom is -0.346 e. The van der Waals surface area contributed by atoms with Crippen molar-refractivity contribution in [2.24, 2.45) is 0 Å². The molecule has 6 aromatic heterocycles. The van der Waals surface area contributed by atoms with Gasteiger partial charge in [-0.2, -0.15) is 36.5 Å². The average Bonchev–Trinajstić information content (AvgIpc) is 3.91. The lowest BCUT2D eigenvalue weighted by Crippen LogP contribution is -2.07. The van der Waals surface area contributed by atoms with Crippen LogP contribution in [0.5, 0.6) is 0 Å². The van der Waals surface area contributed by atoms with Gasteiger partial charge in [-0.3, -0.25) is 19.0 Å². The van der Waals surface area contributed by atoms with Crippen LogP contribution >= 0.6 is 0 Å². The molecular weight excluding hydrogens is 682 g/mol. The molecule has 0 saturated carbocycles. The molecule has 6 heterocycles. The maximum absolute atomic E-state index is 10.4. The minimum atomic E-state index is -4.64. The van der Waals surface area contributed by atoms with Crippen LogP contribution < -0.4 is 0 Å². The van der Waals surface area contributed by atoms with Gasteiger partial charge in [0, 0.05) is 58.8 Å². The number of hydrogen-bond acceptors (Lipinski definition) is 8. The standard InChI is InChI=1S/2C14H17N5.2C2HF3O.CH4/c2*1-3-4-10(2)19-8-11(7-18-19)13-12-5-6-15-14(12)17-9-16-13;2*3-2(4,5)1-6;/h2*5-10H,3-4H2,1-2H3,(H,15,16,17);2*1H;1H4/t2*10-;;;/m10.../s1. The molecule has 0 aliphatic heterocycles. The van der Waals surface area contributed by atoms with Gasteiger partial charge in [-0.15, -0.1) is 0 Å². The fourth-order valence-electron chi connectivity index (χ4n) is 4.71. The van der Waals surface area contributed by atoms with E-state index in [0.29, 0.717) is 12.1 Å². The Kier molecular flexibility index (Phi) is 15.6. The Hall–Kier alpha value is -5.42. The fraction of sp³-hybridized carbons (Fsp3) is 0.394. The van der Waals surface area contributed by atoms with E-state index in [-0.39, 0.29) is 7.43 Å². The molecule has 6 rings (SSSR count). The third-order valence-electron chi connectivity index (χ3n) is 7.04. The number of halogens is 6. The average molecular weight is 723 g/mol. The van der Waals surface area contributed by atoms with E-state index >= 15 is 0 Å². The van der Waals surface area contributed by atoms with E-state index in [0.717, 1.165) is 70.3 Å². The summed E-state index contributed by atoms with van der Waals surface area (Å²) in [6, 6.07) is 4.83. The molecule has 0 aliphatic carbocycles. The van der Waals surface area contributed by atoms with Crippen LogP contribution in [0.15, 0.2) is 62.0 Å². The van der Waals surface area contributed by atoms with E-state index in [4.69, 9.17) is 9.59 Å². The molecular formula is C33H40F6N10O2. The Morgan fingerprint density at radius 2 is 1.04 bits per heavy atom. The lowest BCUT2D eigenvalue weighted by Gasteiger charge is -2.09. The zero-order valence-corrected chi connectivity index (χ0v) is 27.6. The second kappa shape index (κ2) is 19.1. The summed E-state index contributed by atoms with van der Waals surface area (Å²) in [5, 5.41) is 11.0. The number of aromatic nitrogens is 10. The first-order chi connectivity index (χ1) is 23.7. The topological polar surface area (TPSA) is 153 Å². The van der Waals surface area contributed by atoms with Crippen molar-refractivity contribution in [1.82, 2.24) is 49.5 Å². The predicted molar refractivity (Wildman–Crippen MR) is 180 cm³/mol. The molecule has 0 bridgehead atoms. The van der Waals surface area contributed by atoms with Crippen molar-refractivity contribution in [2.75, 3.05) is 0 Å². The molecule has 0 radical (unpaired) electrons. The largest absolute Gasteiger partial charge is 0.446 e. The van der Waals surface area contributed by atoms with Crippen LogP contribution in [0, 0.1) is 0 Å². The number of H-pyrrole nitrogens is 2. The van der Waals surface area contributed by atoms with Crippen LogP contribution in [0.3, 0.4) is 0 Å². The van der Waals surface area contributed by atoms with Crippen molar-refractivity contribution in [1.29, 1.82) is 0 Å². The van der Waals surface area contributed by atoms with E-state index in [1.54, 1.807) is 12.7 Å². The number of fused-ring (bicyclic) bond motifs is 2. The molecule has 18 heteroatoms. The number of hydrogen-bond donors (Lipinski definition) is 2. The maximum atomic E-state index is 10.4. The number of carbonyl (C=O) groups is 2. The summed E-state index contributed by atoms with van der Waals surface area (Å²) in [7, 11) is 0. The van der Waals surface area contributed by atoms with Crippen molar-refractivity contribution in [3.05, 3.63) is 62.0 Å². The van der Waals surface area contributed by atoms with E-state index in [2.05, 4.69) is 80.2 Å². The van der Waals surface area contributed by atoms with E-state index in [9.17, 15) is 26.3 Å². The zero-order chi connectivity index (χ0) is 36.9. The van der Waals surface area contributed by atoms with Gasteiger partial charge in [-0.1, -0.05) is 34.1 Å². The summed E-state index contributed by atoms with van der Waals surface area (Å²) in [6.07, 6.45) is 7.99. The molecule has 6 aromatic rings. The molecule has 0 unspecified atom stereocenters. The lowest BCUT2D eigenvalue weighted by molar-refractivity contribution is -0.156. The summed E-state index contributed by atoms with van der Waals surface area (Å²) >= 11 is 0. The highest BCUT2D eigenvalue weighted by Gasteiger charge is 2.25. The van der Waals surface area contributed by atoms with Gasteiger partial charge in [-0.25, -0.2) is 19.9 Å². The van der Waals surface area contributed by atoms with Crippen LogP contribution in [-0.2, 0) is 9.59 Å². The van der Waals surface area contributed by atoms with E-state index in [1.807, 2.05) is 46.3 Å². The predicted octanol–water partition coefficient (Wildman–Crippen LogP) is 8.50. The summed E-state index contributed by atoms with van der Waals surface area (Å²) in [4.78, 5) is 40.8. The first kappa shape index (κ1) is 41.7. The second-order valence-electron chi connectivity index (χ2n) is 10.9. The number of carbonyl (C=O) groups excluding carboxylic acids is 2. The molecule has 0 aliphatic rings.